The summed E-state index contributed by atoms with van der Waals surface area (Å²) in [4.78, 5) is 4.24. The van der Waals surface area contributed by atoms with E-state index in [0.29, 0.717) is 16.1 Å². The lowest BCUT2D eigenvalue weighted by molar-refractivity contribution is -0.226. The molecular weight excluding hydrogens is 478 g/mol. The lowest BCUT2D eigenvalue weighted by Crippen LogP contribution is -2.27. The second kappa shape index (κ2) is 9.50. The molecule has 0 N–H and O–H groups in total. The average molecular weight is 503 g/mol. The Kier molecular flexibility index (Phi) is 6.98. The van der Waals surface area contributed by atoms with E-state index < -0.39 is 24.4 Å². The van der Waals surface area contributed by atoms with Gasteiger partial charge in [0.25, 0.3) is 0 Å². The first-order valence-electron chi connectivity index (χ1n) is 11.2. The van der Waals surface area contributed by atoms with E-state index in [1.54, 1.807) is 18.2 Å². The molecule has 2 fully saturated rings. The highest BCUT2D eigenvalue weighted by molar-refractivity contribution is 7.11. The highest BCUT2D eigenvalue weighted by Gasteiger charge is 2.45. The van der Waals surface area contributed by atoms with E-state index in [4.69, 9.17) is 4.74 Å². The third-order valence-electron chi connectivity index (χ3n) is 6.59. The number of ether oxygens (including phenoxy) is 1. The van der Waals surface area contributed by atoms with Gasteiger partial charge in [-0.3, -0.25) is 0 Å². The third-order valence-corrected chi connectivity index (χ3v) is 7.96. The van der Waals surface area contributed by atoms with Gasteiger partial charge in [-0.1, -0.05) is 12.1 Å². The Morgan fingerprint density at radius 2 is 1.71 bits per heavy atom. The second-order valence-electron chi connectivity index (χ2n) is 9.13. The number of benzene rings is 1. The maximum absolute atomic E-state index is 13.9. The molecule has 0 spiro atoms. The molecule has 184 valence electrons. The average Bonchev–Trinajstić information content (AvgIpc) is 3.55. The molecule has 0 radical (unpaired) electrons. The molecule has 3 nitrogen and oxygen atoms in total. The summed E-state index contributed by atoms with van der Waals surface area (Å²) in [6.07, 6.45) is -8.75. The van der Waals surface area contributed by atoms with Crippen LogP contribution in [0.15, 0.2) is 18.2 Å². The molecule has 10 heteroatoms. The van der Waals surface area contributed by atoms with Gasteiger partial charge in [0.1, 0.15) is 0 Å². The SMILES string of the molecule is Cc1nc([C@H]2CC[C@H](C(F)(F)F)CC2)sc1C(OCc1ccc(C#N)c(C2CC2)c1)C(F)(F)F. The molecule has 2 aliphatic rings. The van der Waals surface area contributed by atoms with Crippen molar-refractivity contribution in [2.45, 2.75) is 82.3 Å². The summed E-state index contributed by atoms with van der Waals surface area (Å²) >= 11 is 0.889. The first-order valence-corrected chi connectivity index (χ1v) is 12.0. The maximum atomic E-state index is 13.9. The second-order valence-corrected chi connectivity index (χ2v) is 10.2. The molecule has 1 aromatic carbocycles. The highest BCUT2D eigenvalue weighted by Crippen LogP contribution is 2.47. The quantitative estimate of drug-likeness (QED) is 0.378. The number of hydrogen-bond donors (Lipinski definition) is 0. The fraction of sp³-hybridized carbons (Fsp3) is 0.583. The number of halogens is 6. The molecule has 1 heterocycles. The molecule has 0 aliphatic heterocycles. The first kappa shape index (κ1) is 25.0. The summed E-state index contributed by atoms with van der Waals surface area (Å²) < 4.78 is 86.0. The number of aryl methyl sites for hydroxylation is 1. The number of nitriles is 1. The molecular formula is C24H24F6N2OS. The number of hydrogen-bond acceptors (Lipinski definition) is 4. The minimum Gasteiger partial charge on any atom is -0.358 e. The van der Waals surface area contributed by atoms with Crippen LogP contribution in [0.5, 0.6) is 0 Å². The molecule has 1 aromatic heterocycles. The summed E-state index contributed by atoms with van der Waals surface area (Å²) in [7, 11) is 0. The Bertz CT molecular complexity index is 1060. The minimum atomic E-state index is -4.67. The van der Waals surface area contributed by atoms with Crippen LogP contribution in [0.25, 0.3) is 0 Å². The van der Waals surface area contributed by atoms with Crippen LogP contribution in [0.1, 0.15) is 88.7 Å². The topological polar surface area (TPSA) is 45.9 Å². The fourth-order valence-electron chi connectivity index (χ4n) is 4.55. The van der Waals surface area contributed by atoms with Gasteiger partial charge in [0.15, 0.2) is 6.10 Å². The van der Waals surface area contributed by atoms with E-state index in [9.17, 15) is 31.6 Å². The lowest BCUT2D eigenvalue weighted by atomic mass is 9.82. The van der Waals surface area contributed by atoms with Crippen molar-refractivity contribution in [2.24, 2.45) is 5.92 Å². The largest absolute Gasteiger partial charge is 0.419 e. The van der Waals surface area contributed by atoms with Crippen molar-refractivity contribution >= 4 is 11.3 Å². The lowest BCUT2D eigenvalue weighted by Gasteiger charge is -2.28. The van der Waals surface area contributed by atoms with E-state index >= 15 is 0 Å². The van der Waals surface area contributed by atoms with Crippen LogP contribution in [0, 0.1) is 24.2 Å². The predicted molar refractivity (Wildman–Crippen MR) is 114 cm³/mol. The molecule has 0 bridgehead atoms. The van der Waals surface area contributed by atoms with Gasteiger partial charge >= 0.3 is 12.4 Å². The van der Waals surface area contributed by atoms with Gasteiger partial charge in [-0.25, -0.2) is 4.98 Å². The van der Waals surface area contributed by atoms with Crippen molar-refractivity contribution in [1.82, 2.24) is 4.98 Å². The predicted octanol–water partition coefficient (Wildman–Crippen LogP) is 7.86. The van der Waals surface area contributed by atoms with Crippen LogP contribution in [0.3, 0.4) is 0 Å². The molecule has 4 rings (SSSR count). The van der Waals surface area contributed by atoms with Gasteiger partial charge in [0.2, 0.25) is 0 Å². The number of nitrogens with zero attached hydrogens (tertiary/aromatic N) is 2. The fourth-order valence-corrected chi connectivity index (χ4v) is 5.86. The zero-order chi connectivity index (χ0) is 24.7. The Balaban J connectivity index is 1.49. The minimum absolute atomic E-state index is 0.0383. The van der Waals surface area contributed by atoms with Crippen molar-refractivity contribution in [2.75, 3.05) is 0 Å². The Hall–Kier alpha value is -2.12. The molecule has 1 atom stereocenters. The van der Waals surface area contributed by atoms with Gasteiger partial charge in [0, 0.05) is 5.92 Å². The van der Waals surface area contributed by atoms with Crippen molar-refractivity contribution < 1.29 is 31.1 Å². The molecule has 2 saturated carbocycles. The standard InChI is InChI=1S/C24H24F6N2OS/c1-13-20(34-22(32-13)16-6-8-18(9-7-16)23(25,26)27)21(24(28,29)30)33-12-14-2-3-17(11-31)19(10-14)15-4-5-15/h2-3,10,15-16,18,21H,4-9,12H2,1H3/t16-,18-,21?. The van der Waals surface area contributed by atoms with E-state index in [2.05, 4.69) is 11.1 Å². The van der Waals surface area contributed by atoms with Crippen molar-refractivity contribution in [3.63, 3.8) is 0 Å². The summed E-state index contributed by atoms with van der Waals surface area (Å²) in [5, 5.41) is 9.71. The molecule has 0 amide bonds. The highest BCUT2D eigenvalue weighted by atomic mass is 32.1. The van der Waals surface area contributed by atoms with Gasteiger partial charge in [-0.05, 0) is 68.6 Å². The molecule has 34 heavy (non-hydrogen) atoms. The number of thiazole rings is 1. The van der Waals surface area contributed by atoms with Crippen LogP contribution in [-0.4, -0.2) is 17.3 Å². The Morgan fingerprint density at radius 1 is 1.06 bits per heavy atom. The molecule has 1 unspecified atom stereocenters. The summed E-state index contributed by atoms with van der Waals surface area (Å²) in [6.45, 7) is 1.20. The third kappa shape index (κ3) is 5.57. The number of rotatable bonds is 6. The summed E-state index contributed by atoms with van der Waals surface area (Å²) in [5.41, 5.74) is 2.13. The van der Waals surface area contributed by atoms with Gasteiger partial charge in [0.05, 0.1) is 39.7 Å². The first-order chi connectivity index (χ1) is 16.0. The van der Waals surface area contributed by atoms with Gasteiger partial charge in [-0.2, -0.15) is 31.6 Å². The normalized spacial score (nSPS) is 22.4. The van der Waals surface area contributed by atoms with E-state index in [1.807, 2.05) is 0 Å². The monoisotopic (exact) mass is 502 g/mol. The van der Waals surface area contributed by atoms with Crippen molar-refractivity contribution in [1.29, 1.82) is 5.26 Å². The molecule has 2 aromatic rings. The van der Waals surface area contributed by atoms with Crippen molar-refractivity contribution in [3.05, 3.63) is 50.5 Å². The smallest absolute Gasteiger partial charge is 0.358 e. The molecule has 0 saturated heterocycles. The molecule has 2 aliphatic carbocycles. The van der Waals surface area contributed by atoms with Crippen LogP contribution in [0.4, 0.5) is 26.3 Å². The zero-order valence-electron chi connectivity index (χ0n) is 18.5. The Morgan fingerprint density at radius 3 is 2.26 bits per heavy atom. The van der Waals surface area contributed by atoms with Crippen LogP contribution >= 0.6 is 11.3 Å². The van der Waals surface area contributed by atoms with E-state index in [1.165, 1.54) is 6.92 Å². The summed E-state index contributed by atoms with van der Waals surface area (Å²) in [5.74, 6) is -1.36. The van der Waals surface area contributed by atoms with Crippen molar-refractivity contribution in [3.8, 4) is 6.07 Å². The number of aromatic nitrogens is 1. The van der Waals surface area contributed by atoms with Gasteiger partial charge in [-0.15, -0.1) is 11.3 Å². The summed E-state index contributed by atoms with van der Waals surface area (Å²) in [6, 6.07) is 7.08. The van der Waals surface area contributed by atoms with E-state index in [0.717, 1.165) is 29.7 Å². The van der Waals surface area contributed by atoms with Crippen LogP contribution in [-0.2, 0) is 11.3 Å². The van der Waals surface area contributed by atoms with Crippen LogP contribution < -0.4 is 0 Å². The van der Waals surface area contributed by atoms with Gasteiger partial charge < -0.3 is 4.74 Å². The Labute approximate surface area is 197 Å². The maximum Gasteiger partial charge on any atom is 0.419 e. The van der Waals surface area contributed by atoms with E-state index in [-0.39, 0.29) is 54.7 Å². The zero-order valence-corrected chi connectivity index (χ0v) is 19.3. The number of alkyl halides is 6. The van der Waals surface area contributed by atoms with Crippen LogP contribution in [0.2, 0.25) is 0 Å².